The Hall–Kier alpha value is -2.26. The van der Waals surface area contributed by atoms with E-state index in [0.717, 1.165) is 6.20 Å². The van der Waals surface area contributed by atoms with Crippen LogP contribution in [0.1, 0.15) is 26.5 Å². The second-order valence-corrected chi connectivity index (χ2v) is 6.59. The number of ether oxygens (including phenoxy) is 1. The number of aromatic nitrogens is 2. The minimum atomic E-state index is -4.94. The number of carbonyl (C=O) groups excluding carboxylic acids is 1. The first kappa shape index (κ1) is 18.1. The van der Waals surface area contributed by atoms with Gasteiger partial charge >= 0.3 is 18.2 Å². The number of alkyl halides is 3. The van der Waals surface area contributed by atoms with Gasteiger partial charge in [0.15, 0.2) is 0 Å². The Labute approximate surface area is 136 Å². The summed E-state index contributed by atoms with van der Waals surface area (Å²) in [4.78, 5) is 24.1. The molecule has 1 amide bonds. The predicted octanol–water partition coefficient (Wildman–Crippen LogP) is 2.35. The second-order valence-electron chi connectivity index (χ2n) is 6.59. The van der Waals surface area contributed by atoms with Crippen molar-refractivity contribution < 1.29 is 32.6 Å². The summed E-state index contributed by atoms with van der Waals surface area (Å²) in [6, 6.07) is -2.53. The minimum Gasteiger partial charge on any atom is -0.481 e. The first-order valence-corrected chi connectivity index (χ1v) is 7.15. The molecule has 10 heteroatoms. The third-order valence-electron chi connectivity index (χ3n) is 3.61. The van der Waals surface area contributed by atoms with Gasteiger partial charge in [0.2, 0.25) is 0 Å². The van der Waals surface area contributed by atoms with Crippen LogP contribution in [0.5, 0.6) is 0 Å². The van der Waals surface area contributed by atoms with Gasteiger partial charge in [-0.15, -0.1) is 0 Å². The van der Waals surface area contributed by atoms with Gasteiger partial charge in [0.25, 0.3) is 0 Å². The lowest BCUT2D eigenvalue weighted by atomic mass is 9.88. The normalized spacial score (nSPS) is 21.4. The molecule has 1 aliphatic rings. The Morgan fingerprint density at radius 3 is 2.38 bits per heavy atom. The van der Waals surface area contributed by atoms with E-state index in [4.69, 9.17) is 4.74 Å². The summed E-state index contributed by atoms with van der Waals surface area (Å²) in [6.45, 7) is 4.53. The molecule has 0 aromatic carbocycles. The van der Waals surface area contributed by atoms with E-state index in [9.17, 15) is 27.9 Å². The van der Waals surface area contributed by atoms with E-state index in [1.165, 1.54) is 32.5 Å². The average molecular weight is 349 g/mol. The molecule has 134 valence electrons. The highest BCUT2D eigenvalue weighted by molar-refractivity contribution is 5.92. The molecular weight excluding hydrogens is 331 g/mol. The minimum absolute atomic E-state index is 0.0911. The van der Waals surface area contributed by atoms with E-state index in [1.807, 2.05) is 0 Å². The van der Waals surface area contributed by atoms with Gasteiger partial charge in [-0.05, 0) is 20.8 Å². The first-order chi connectivity index (χ1) is 10.8. The van der Waals surface area contributed by atoms with Crippen LogP contribution in [0.15, 0.2) is 6.20 Å². The van der Waals surface area contributed by atoms with Crippen LogP contribution in [0.3, 0.4) is 0 Å². The molecule has 1 N–H and O–H groups in total. The number of aryl methyl sites for hydroxylation is 1. The first-order valence-electron chi connectivity index (χ1n) is 7.15. The number of amides is 1. The Morgan fingerprint density at radius 2 is 1.92 bits per heavy atom. The van der Waals surface area contributed by atoms with E-state index in [-0.39, 0.29) is 17.8 Å². The van der Waals surface area contributed by atoms with Crippen LogP contribution >= 0.6 is 0 Å². The number of nitrogens with zero attached hydrogens (tertiary/aromatic N) is 3. The highest BCUT2D eigenvalue weighted by atomic mass is 19.4. The van der Waals surface area contributed by atoms with Gasteiger partial charge in [0.1, 0.15) is 11.6 Å². The van der Waals surface area contributed by atoms with E-state index in [1.54, 1.807) is 0 Å². The van der Waals surface area contributed by atoms with Crippen molar-refractivity contribution in [1.82, 2.24) is 9.78 Å². The molecule has 1 aromatic heterocycles. The van der Waals surface area contributed by atoms with Crippen LogP contribution in [0.4, 0.5) is 23.7 Å². The zero-order valence-electron chi connectivity index (χ0n) is 13.6. The van der Waals surface area contributed by atoms with Gasteiger partial charge in [-0.1, -0.05) is 0 Å². The molecule has 7 nitrogen and oxygen atoms in total. The van der Waals surface area contributed by atoms with Crippen LogP contribution in [0.25, 0.3) is 0 Å². The van der Waals surface area contributed by atoms with Crippen molar-refractivity contribution in [3.05, 3.63) is 11.9 Å². The van der Waals surface area contributed by atoms with Crippen molar-refractivity contribution in [3.8, 4) is 0 Å². The Bertz CT molecular complexity index is 663. The monoisotopic (exact) mass is 349 g/mol. The quantitative estimate of drug-likeness (QED) is 0.841. The van der Waals surface area contributed by atoms with Crippen molar-refractivity contribution in [1.29, 1.82) is 0 Å². The summed E-state index contributed by atoms with van der Waals surface area (Å²) >= 11 is 0. The van der Waals surface area contributed by atoms with Gasteiger partial charge < -0.3 is 9.84 Å². The summed E-state index contributed by atoms with van der Waals surface area (Å²) in [5.74, 6) is -3.49. The Kier molecular flexibility index (Phi) is 4.28. The summed E-state index contributed by atoms with van der Waals surface area (Å²) in [6.07, 6.45) is -5.47. The number of anilines is 1. The molecule has 0 spiro atoms. The van der Waals surface area contributed by atoms with E-state index >= 15 is 0 Å². The smallest absolute Gasteiger partial charge is 0.415 e. The number of carbonyl (C=O) groups is 2. The number of aliphatic carboxylic acids is 1. The number of rotatable bonds is 1. The van der Waals surface area contributed by atoms with Crippen LogP contribution in [-0.2, 0) is 23.0 Å². The average Bonchev–Trinajstić information content (AvgIpc) is 2.75. The largest absolute Gasteiger partial charge is 0.481 e. The molecule has 0 saturated carbocycles. The zero-order chi connectivity index (χ0) is 18.4. The summed E-state index contributed by atoms with van der Waals surface area (Å²) in [5, 5.41) is 13.1. The van der Waals surface area contributed by atoms with Crippen molar-refractivity contribution in [2.24, 2.45) is 13.0 Å². The molecule has 0 bridgehead atoms. The number of fused-ring (bicyclic) bond motifs is 1. The predicted molar refractivity (Wildman–Crippen MR) is 76.6 cm³/mol. The van der Waals surface area contributed by atoms with E-state index in [2.05, 4.69) is 5.10 Å². The summed E-state index contributed by atoms with van der Waals surface area (Å²) < 4.78 is 47.0. The molecule has 2 heterocycles. The molecule has 0 unspecified atom stereocenters. The fourth-order valence-electron chi connectivity index (χ4n) is 2.66. The lowest BCUT2D eigenvalue weighted by Crippen LogP contribution is -2.59. The third kappa shape index (κ3) is 3.31. The number of halogens is 3. The van der Waals surface area contributed by atoms with Crippen LogP contribution in [-0.4, -0.2) is 44.8 Å². The highest BCUT2D eigenvalue weighted by Crippen LogP contribution is 2.41. The fourth-order valence-corrected chi connectivity index (χ4v) is 2.66. The molecule has 0 fully saturated rings. The van der Waals surface area contributed by atoms with Gasteiger partial charge in [0, 0.05) is 13.5 Å². The van der Waals surface area contributed by atoms with Gasteiger partial charge in [-0.3, -0.25) is 14.4 Å². The van der Waals surface area contributed by atoms with Crippen molar-refractivity contribution in [2.75, 3.05) is 4.90 Å². The Balaban J connectivity index is 2.59. The molecular formula is C14H18F3N3O4. The van der Waals surface area contributed by atoms with Crippen LogP contribution in [0, 0.1) is 5.92 Å². The number of hydrogen-bond donors (Lipinski definition) is 1. The summed E-state index contributed by atoms with van der Waals surface area (Å²) in [5.41, 5.74) is -0.897. The number of carboxylic acids is 1. The lowest BCUT2D eigenvalue weighted by Gasteiger charge is -2.40. The molecule has 0 aliphatic carbocycles. The van der Waals surface area contributed by atoms with Crippen LogP contribution < -0.4 is 4.90 Å². The SMILES string of the molecule is Cn1ncc2c1C[C@H](C(=O)O)[C@@H](C(F)(F)F)N2C(=O)OC(C)(C)C. The highest BCUT2D eigenvalue weighted by Gasteiger charge is 2.57. The number of carboxylic acid groups (broad SMARTS) is 1. The van der Waals surface area contributed by atoms with Gasteiger partial charge in [-0.2, -0.15) is 18.3 Å². The molecule has 1 aromatic rings. The van der Waals surface area contributed by atoms with Gasteiger partial charge in [0.05, 0.1) is 23.5 Å². The molecule has 0 radical (unpaired) electrons. The molecule has 1 aliphatic heterocycles. The Morgan fingerprint density at radius 1 is 1.33 bits per heavy atom. The zero-order valence-corrected chi connectivity index (χ0v) is 13.6. The van der Waals surface area contributed by atoms with E-state index < -0.39 is 35.8 Å². The molecule has 2 rings (SSSR count). The maximum Gasteiger partial charge on any atom is 0.415 e. The van der Waals surface area contributed by atoms with Crippen molar-refractivity contribution in [2.45, 2.75) is 45.0 Å². The maximum atomic E-state index is 13.6. The lowest BCUT2D eigenvalue weighted by molar-refractivity contribution is -0.174. The molecule has 2 atom stereocenters. The van der Waals surface area contributed by atoms with E-state index in [0.29, 0.717) is 4.90 Å². The standard InChI is InChI=1S/C14H18F3N3O4/c1-13(2,3)24-12(23)20-9-6-18-19(4)8(9)5-7(11(21)22)10(20)14(15,16)17/h6-7,10H,5H2,1-4H3,(H,21,22)/t7-,10-/m0/s1. The van der Waals surface area contributed by atoms with Gasteiger partial charge in [-0.25, -0.2) is 4.79 Å². The topological polar surface area (TPSA) is 84.7 Å². The molecule has 24 heavy (non-hydrogen) atoms. The fraction of sp³-hybridized carbons (Fsp3) is 0.643. The third-order valence-corrected chi connectivity index (χ3v) is 3.61. The number of hydrogen-bond acceptors (Lipinski definition) is 4. The van der Waals surface area contributed by atoms with Crippen molar-refractivity contribution in [3.63, 3.8) is 0 Å². The maximum absolute atomic E-state index is 13.6. The van der Waals surface area contributed by atoms with Crippen LogP contribution in [0.2, 0.25) is 0 Å². The summed E-state index contributed by atoms with van der Waals surface area (Å²) in [7, 11) is 1.47. The second kappa shape index (κ2) is 5.67. The molecule has 0 saturated heterocycles. The van der Waals surface area contributed by atoms with Crippen molar-refractivity contribution >= 4 is 17.7 Å².